The third-order valence-corrected chi connectivity index (χ3v) is 2.48. The Morgan fingerprint density at radius 1 is 1.53 bits per heavy atom. The van der Waals surface area contributed by atoms with E-state index < -0.39 is 12.1 Å². The SMILES string of the molecule is COC(=O)c1ccccc1N(C)CC(O)CN. The summed E-state index contributed by atoms with van der Waals surface area (Å²) in [7, 11) is 3.13. The molecule has 1 unspecified atom stereocenters. The number of rotatable bonds is 5. The third-order valence-electron chi connectivity index (χ3n) is 2.48. The summed E-state index contributed by atoms with van der Waals surface area (Å²) in [6.45, 7) is 0.551. The molecule has 1 aromatic carbocycles. The predicted octanol–water partition coefficient (Wildman–Crippen LogP) is 0.229. The van der Waals surface area contributed by atoms with Crippen molar-refractivity contribution in [2.45, 2.75) is 6.10 Å². The zero-order valence-electron chi connectivity index (χ0n) is 10.1. The Labute approximate surface area is 101 Å². The van der Waals surface area contributed by atoms with E-state index in [-0.39, 0.29) is 6.54 Å². The Balaban J connectivity index is 2.92. The van der Waals surface area contributed by atoms with E-state index in [1.165, 1.54) is 7.11 Å². The zero-order valence-corrected chi connectivity index (χ0v) is 10.1. The van der Waals surface area contributed by atoms with Crippen molar-refractivity contribution in [2.75, 3.05) is 32.1 Å². The van der Waals surface area contributed by atoms with Crippen molar-refractivity contribution in [3.05, 3.63) is 29.8 Å². The smallest absolute Gasteiger partial charge is 0.339 e. The van der Waals surface area contributed by atoms with Crippen LogP contribution in [0.1, 0.15) is 10.4 Å². The molecule has 1 atom stereocenters. The molecule has 5 nitrogen and oxygen atoms in total. The summed E-state index contributed by atoms with van der Waals surface area (Å²) in [5, 5.41) is 9.49. The highest BCUT2D eigenvalue weighted by atomic mass is 16.5. The van der Waals surface area contributed by atoms with Crippen molar-refractivity contribution in [2.24, 2.45) is 5.73 Å². The van der Waals surface area contributed by atoms with E-state index >= 15 is 0 Å². The van der Waals surface area contributed by atoms with Gasteiger partial charge in [-0.3, -0.25) is 0 Å². The maximum Gasteiger partial charge on any atom is 0.339 e. The van der Waals surface area contributed by atoms with E-state index in [0.29, 0.717) is 17.8 Å². The minimum absolute atomic E-state index is 0.185. The molecule has 0 saturated heterocycles. The van der Waals surface area contributed by atoms with Crippen molar-refractivity contribution < 1.29 is 14.6 Å². The molecular formula is C12H18N2O3. The fourth-order valence-electron chi connectivity index (χ4n) is 1.58. The molecule has 3 N–H and O–H groups in total. The molecule has 94 valence electrons. The van der Waals surface area contributed by atoms with Gasteiger partial charge in [0.15, 0.2) is 0 Å². The van der Waals surface area contributed by atoms with Crippen LogP contribution in [0.2, 0.25) is 0 Å². The minimum Gasteiger partial charge on any atom is -0.465 e. The quantitative estimate of drug-likeness (QED) is 0.718. The Bertz CT molecular complexity index is 382. The highest BCUT2D eigenvalue weighted by Gasteiger charge is 2.15. The summed E-state index contributed by atoms with van der Waals surface area (Å²) in [6.07, 6.45) is -0.620. The molecule has 0 heterocycles. The Hall–Kier alpha value is -1.59. The first-order valence-corrected chi connectivity index (χ1v) is 5.36. The number of carbonyl (C=O) groups excluding carboxylic acids is 1. The van der Waals surface area contributed by atoms with Gasteiger partial charge in [0, 0.05) is 20.1 Å². The number of ether oxygens (including phenoxy) is 1. The van der Waals surface area contributed by atoms with Crippen LogP contribution in [-0.4, -0.2) is 44.4 Å². The van der Waals surface area contributed by atoms with Crippen molar-refractivity contribution in [1.29, 1.82) is 0 Å². The van der Waals surface area contributed by atoms with Gasteiger partial charge in [0.05, 0.1) is 24.5 Å². The molecule has 0 aromatic heterocycles. The number of nitrogens with two attached hydrogens (primary N) is 1. The van der Waals surface area contributed by atoms with Gasteiger partial charge in [-0.05, 0) is 12.1 Å². The number of benzene rings is 1. The average Bonchev–Trinajstić information content (AvgIpc) is 2.37. The second-order valence-corrected chi connectivity index (χ2v) is 3.78. The van der Waals surface area contributed by atoms with Gasteiger partial charge in [-0.15, -0.1) is 0 Å². The summed E-state index contributed by atoms with van der Waals surface area (Å²) in [6, 6.07) is 7.08. The molecule has 0 spiro atoms. The van der Waals surface area contributed by atoms with Crippen LogP contribution in [0.3, 0.4) is 0 Å². The normalized spacial score (nSPS) is 12.0. The molecule has 1 aromatic rings. The van der Waals surface area contributed by atoms with Gasteiger partial charge in [0.25, 0.3) is 0 Å². The third kappa shape index (κ3) is 3.44. The second kappa shape index (κ2) is 6.22. The van der Waals surface area contributed by atoms with E-state index in [4.69, 9.17) is 10.5 Å². The molecule has 5 heteroatoms. The monoisotopic (exact) mass is 238 g/mol. The Morgan fingerprint density at radius 2 is 2.18 bits per heavy atom. The molecule has 0 radical (unpaired) electrons. The maximum absolute atomic E-state index is 11.6. The Morgan fingerprint density at radius 3 is 2.76 bits per heavy atom. The van der Waals surface area contributed by atoms with Gasteiger partial charge in [0.1, 0.15) is 0 Å². The lowest BCUT2D eigenvalue weighted by Crippen LogP contribution is -2.34. The lowest BCUT2D eigenvalue weighted by atomic mass is 10.1. The van der Waals surface area contributed by atoms with E-state index in [9.17, 15) is 9.90 Å². The number of aliphatic hydroxyl groups excluding tert-OH is 1. The van der Waals surface area contributed by atoms with Crippen LogP contribution in [0.5, 0.6) is 0 Å². The molecule has 0 saturated carbocycles. The van der Waals surface area contributed by atoms with Crippen molar-refractivity contribution in [3.8, 4) is 0 Å². The number of hydrogen-bond acceptors (Lipinski definition) is 5. The van der Waals surface area contributed by atoms with E-state index in [1.54, 1.807) is 30.1 Å². The van der Waals surface area contributed by atoms with E-state index in [2.05, 4.69) is 0 Å². The van der Waals surface area contributed by atoms with Crippen LogP contribution in [0, 0.1) is 0 Å². The molecule has 17 heavy (non-hydrogen) atoms. The molecule has 0 fully saturated rings. The first-order valence-electron chi connectivity index (χ1n) is 5.36. The number of likely N-dealkylation sites (N-methyl/N-ethyl adjacent to an activating group) is 1. The van der Waals surface area contributed by atoms with Gasteiger partial charge in [0.2, 0.25) is 0 Å². The largest absolute Gasteiger partial charge is 0.465 e. The number of methoxy groups -OCH3 is 1. The summed E-state index contributed by atoms with van der Waals surface area (Å²) < 4.78 is 4.71. The van der Waals surface area contributed by atoms with E-state index in [1.807, 2.05) is 6.07 Å². The lowest BCUT2D eigenvalue weighted by molar-refractivity contribution is 0.0601. The number of carbonyl (C=O) groups is 1. The van der Waals surface area contributed by atoms with Gasteiger partial charge >= 0.3 is 5.97 Å². The lowest BCUT2D eigenvalue weighted by Gasteiger charge is -2.23. The highest BCUT2D eigenvalue weighted by molar-refractivity contribution is 5.95. The second-order valence-electron chi connectivity index (χ2n) is 3.78. The molecule has 0 aliphatic heterocycles. The van der Waals surface area contributed by atoms with Crippen LogP contribution < -0.4 is 10.6 Å². The number of aliphatic hydroxyl groups is 1. The minimum atomic E-state index is -0.620. The molecule has 0 aliphatic carbocycles. The van der Waals surface area contributed by atoms with Crippen molar-refractivity contribution in [1.82, 2.24) is 0 Å². The molecule has 0 bridgehead atoms. The molecular weight excluding hydrogens is 220 g/mol. The number of nitrogens with zero attached hydrogens (tertiary/aromatic N) is 1. The zero-order chi connectivity index (χ0) is 12.8. The number of hydrogen-bond donors (Lipinski definition) is 2. The topological polar surface area (TPSA) is 75.8 Å². The standard InChI is InChI=1S/C12H18N2O3/c1-14(8-9(15)7-13)11-6-4-3-5-10(11)12(16)17-2/h3-6,9,15H,7-8,13H2,1-2H3. The highest BCUT2D eigenvalue weighted by Crippen LogP contribution is 2.19. The van der Waals surface area contributed by atoms with Gasteiger partial charge in [-0.2, -0.15) is 0 Å². The van der Waals surface area contributed by atoms with Gasteiger partial charge in [-0.1, -0.05) is 12.1 Å². The molecule has 1 rings (SSSR count). The van der Waals surface area contributed by atoms with Crippen LogP contribution in [0.4, 0.5) is 5.69 Å². The van der Waals surface area contributed by atoms with Crippen LogP contribution in [-0.2, 0) is 4.74 Å². The van der Waals surface area contributed by atoms with Crippen LogP contribution in [0.15, 0.2) is 24.3 Å². The first-order chi connectivity index (χ1) is 8.10. The van der Waals surface area contributed by atoms with Crippen LogP contribution in [0.25, 0.3) is 0 Å². The van der Waals surface area contributed by atoms with Gasteiger partial charge < -0.3 is 20.5 Å². The fraction of sp³-hybridized carbons (Fsp3) is 0.417. The van der Waals surface area contributed by atoms with Crippen LogP contribution >= 0.6 is 0 Å². The molecule has 0 amide bonds. The first kappa shape index (κ1) is 13.5. The summed E-state index contributed by atoms with van der Waals surface area (Å²) in [4.78, 5) is 13.3. The number of esters is 1. The predicted molar refractivity (Wildman–Crippen MR) is 66.1 cm³/mol. The van der Waals surface area contributed by atoms with E-state index in [0.717, 1.165) is 0 Å². The maximum atomic E-state index is 11.6. The number of anilines is 1. The fourth-order valence-corrected chi connectivity index (χ4v) is 1.58. The summed E-state index contributed by atoms with van der Waals surface area (Å²) in [5.41, 5.74) is 6.54. The summed E-state index contributed by atoms with van der Waals surface area (Å²) in [5.74, 6) is -0.394. The average molecular weight is 238 g/mol. The van der Waals surface area contributed by atoms with Crippen molar-refractivity contribution >= 4 is 11.7 Å². The molecule has 0 aliphatic rings. The summed E-state index contributed by atoms with van der Waals surface area (Å²) >= 11 is 0. The van der Waals surface area contributed by atoms with Crippen molar-refractivity contribution in [3.63, 3.8) is 0 Å². The number of para-hydroxylation sites is 1. The Kier molecular flexibility index (Phi) is 4.93. The van der Waals surface area contributed by atoms with Gasteiger partial charge in [-0.25, -0.2) is 4.79 Å².